The lowest BCUT2D eigenvalue weighted by molar-refractivity contribution is -0.125. The molecule has 0 bridgehead atoms. The zero-order valence-electron chi connectivity index (χ0n) is 10.8. The van der Waals surface area contributed by atoms with Gasteiger partial charge in [-0.3, -0.25) is 25.2 Å². The van der Waals surface area contributed by atoms with Crippen molar-refractivity contribution < 1.29 is 9.59 Å². The van der Waals surface area contributed by atoms with E-state index < -0.39 is 11.9 Å². The SMILES string of the molecule is CNC(C#CCN=C/C=C\N(C)C)C(=O)NC=O. The van der Waals surface area contributed by atoms with E-state index in [2.05, 4.69) is 22.2 Å². The molecule has 0 heterocycles. The second-order valence-corrected chi connectivity index (χ2v) is 3.46. The summed E-state index contributed by atoms with van der Waals surface area (Å²) in [6.07, 6.45) is 5.61. The Morgan fingerprint density at radius 1 is 1.50 bits per heavy atom. The molecule has 0 radical (unpaired) electrons. The van der Waals surface area contributed by atoms with Crippen LogP contribution in [0.25, 0.3) is 0 Å². The van der Waals surface area contributed by atoms with Crippen LogP contribution in [0.5, 0.6) is 0 Å². The molecule has 0 aromatic carbocycles. The number of imide groups is 1. The smallest absolute Gasteiger partial charge is 0.255 e. The highest BCUT2D eigenvalue weighted by Crippen LogP contribution is 1.80. The number of nitrogens with one attached hydrogen (secondary N) is 2. The number of likely N-dealkylation sites (N-methyl/N-ethyl adjacent to an activating group) is 1. The molecule has 0 rings (SSSR count). The number of carbonyl (C=O) groups is 2. The Bertz CT molecular complexity index is 377. The van der Waals surface area contributed by atoms with Crippen molar-refractivity contribution in [2.45, 2.75) is 6.04 Å². The maximum Gasteiger partial charge on any atom is 0.255 e. The quantitative estimate of drug-likeness (QED) is 0.360. The molecule has 0 saturated heterocycles. The van der Waals surface area contributed by atoms with Gasteiger partial charge in [-0.1, -0.05) is 11.8 Å². The van der Waals surface area contributed by atoms with Gasteiger partial charge in [-0.25, -0.2) is 0 Å². The maximum absolute atomic E-state index is 11.3. The van der Waals surface area contributed by atoms with E-state index in [1.807, 2.05) is 30.5 Å². The highest BCUT2D eigenvalue weighted by Gasteiger charge is 2.11. The van der Waals surface area contributed by atoms with Gasteiger partial charge in [-0.15, -0.1) is 0 Å². The van der Waals surface area contributed by atoms with Gasteiger partial charge in [0.1, 0.15) is 6.04 Å². The van der Waals surface area contributed by atoms with E-state index in [0.717, 1.165) is 0 Å². The number of nitrogens with zero attached hydrogens (tertiary/aromatic N) is 2. The van der Waals surface area contributed by atoms with Crippen LogP contribution in [0.2, 0.25) is 0 Å². The van der Waals surface area contributed by atoms with Gasteiger partial charge in [0.2, 0.25) is 6.41 Å². The van der Waals surface area contributed by atoms with Gasteiger partial charge in [0, 0.05) is 26.5 Å². The van der Waals surface area contributed by atoms with Gasteiger partial charge in [-0.2, -0.15) is 0 Å². The first kappa shape index (κ1) is 15.9. The van der Waals surface area contributed by atoms with Crippen LogP contribution in [-0.4, -0.2) is 57.2 Å². The van der Waals surface area contributed by atoms with Crippen LogP contribution >= 0.6 is 0 Å². The summed E-state index contributed by atoms with van der Waals surface area (Å²) < 4.78 is 0. The number of rotatable bonds is 6. The molecule has 0 aliphatic rings. The van der Waals surface area contributed by atoms with Crippen molar-refractivity contribution >= 4 is 18.5 Å². The average Bonchev–Trinajstić information content (AvgIpc) is 2.32. The summed E-state index contributed by atoms with van der Waals surface area (Å²) in [6.45, 7) is 0.296. The monoisotopic (exact) mass is 250 g/mol. The molecule has 1 unspecified atom stereocenters. The van der Waals surface area contributed by atoms with E-state index in [-0.39, 0.29) is 0 Å². The molecular formula is C12H18N4O2. The third kappa shape index (κ3) is 8.07. The van der Waals surface area contributed by atoms with Crippen molar-refractivity contribution in [3.63, 3.8) is 0 Å². The average molecular weight is 250 g/mol. The van der Waals surface area contributed by atoms with Crippen LogP contribution in [-0.2, 0) is 9.59 Å². The van der Waals surface area contributed by atoms with Gasteiger partial charge < -0.3 is 4.90 Å². The summed E-state index contributed by atoms with van der Waals surface area (Å²) >= 11 is 0. The molecule has 0 aliphatic heterocycles. The third-order valence-electron chi connectivity index (χ3n) is 1.74. The predicted octanol–water partition coefficient (Wildman–Crippen LogP) is -1.00. The molecule has 0 spiro atoms. The summed E-state index contributed by atoms with van der Waals surface area (Å²) in [6, 6.07) is -0.706. The van der Waals surface area contributed by atoms with Crippen LogP contribution in [0.1, 0.15) is 0 Å². The van der Waals surface area contributed by atoms with Gasteiger partial charge >= 0.3 is 0 Å². The van der Waals surface area contributed by atoms with E-state index in [1.54, 1.807) is 19.3 Å². The first-order chi connectivity index (χ1) is 8.61. The van der Waals surface area contributed by atoms with Crippen molar-refractivity contribution in [1.29, 1.82) is 0 Å². The summed E-state index contributed by atoms with van der Waals surface area (Å²) in [5.41, 5.74) is 0. The molecule has 0 aliphatic carbocycles. The molecular weight excluding hydrogens is 232 g/mol. The first-order valence-corrected chi connectivity index (χ1v) is 5.34. The van der Waals surface area contributed by atoms with E-state index >= 15 is 0 Å². The Labute approximate surface area is 107 Å². The summed E-state index contributed by atoms with van der Waals surface area (Å²) in [5, 5.41) is 4.72. The van der Waals surface area contributed by atoms with Gasteiger partial charge in [-0.05, 0) is 13.1 Å². The van der Waals surface area contributed by atoms with Gasteiger partial charge in [0.05, 0.1) is 6.54 Å². The standard InChI is InChI=1S/C12H18N4O2/c1-13-11(12(18)15-10-17)6-4-7-14-8-5-9-16(2)3/h5,8-11,13H,7H2,1-3H3,(H,15,17,18)/b9-5-,14-8?. The highest BCUT2D eigenvalue weighted by molar-refractivity contribution is 5.92. The zero-order chi connectivity index (χ0) is 13.8. The number of allylic oxidation sites excluding steroid dienone is 1. The second kappa shape index (κ2) is 10.1. The highest BCUT2D eigenvalue weighted by atomic mass is 16.2. The lowest BCUT2D eigenvalue weighted by Crippen LogP contribution is -2.41. The zero-order valence-corrected chi connectivity index (χ0v) is 10.8. The fraction of sp³-hybridized carbons (Fsp3) is 0.417. The molecule has 6 heteroatoms. The van der Waals surface area contributed by atoms with Crippen molar-refractivity contribution in [2.24, 2.45) is 4.99 Å². The molecule has 0 saturated carbocycles. The molecule has 1 atom stereocenters. The van der Waals surface area contributed by atoms with Gasteiger partial charge in [0.15, 0.2) is 0 Å². The predicted molar refractivity (Wildman–Crippen MR) is 71.0 cm³/mol. The van der Waals surface area contributed by atoms with Crippen LogP contribution in [0.15, 0.2) is 17.3 Å². The summed E-state index contributed by atoms with van der Waals surface area (Å²) in [5.74, 6) is 4.93. The van der Waals surface area contributed by atoms with Crippen LogP contribution < -0.4 is 10.6 Å². The van der Waals surface area contributed by atoms with Crippen LogP contribution in [0, 0.1) is 11.8 Å². The third-order valence-corrected chi connectivity index (χ3v) is 1.74. The normalized spacial score (nSPS) is 11.9. The number of aliphatic imine (C=N–C) groups is 1. The molecule has 6 nitrogen and oxygen atoms in total. The van der Waals surface area contributed by atoms with E-state index in [9.17, 15) is 9.59 Å². The first-order valence-electron chi connectivity index (χ1n) is 5.34. The Kier molecular flexibility index (Phi) is 8.86. The summed E-state index contributed by atoms with van der Waals surface area (Å²) in [7, 11) is 5.41. The Balaban J connectivity index is 4.14. The number of hydrogen-bond acceptors (Lipinski definition) is 5. The molecule has 0 aromatic heterocycles. The van der Waals surface area contributed by atoms with E-state index in [0.29, 0.717) is 13.0 Å². The van der Waals surface area contributed by atoms with E-state index in [4.69, 9.17) is 0 Å². The minimum absolute atomic E-state index is 0.296. The number of amides is 2. The fourth-order valence-electron chi connectivity index (χ4n) is 0.928. The van der Waals surface area contributed by atoms with Crippen LogP contribution in [0.3, 0.4) is 0 Å². The second-order valence-electron chi connectivity index (χ2n) is 3.46. The van der Waals surface area contributed by atoms with Crippen molar-refractivity contribution in [3.8, 4) is 11.8 Å². The molecule has 0 aromatic rings. The molecule has 0 fully saturated rings. The van der Waals surface area contributed by atoms with Gasteiger partial charge in [0.25, 0.3) is 5.91 Å². The van der Waals surface area contributed by atoms with Crippen molar-refractivity contribution in [1.82, 2.24) is 15.5 Å². The topological polar surface area (TPSA) is 73.8 Å². The Hall–Kier alpha value is -2.13. The van der Waals surface area contributed by atoms with Crippen molar-refractivity contribution in [3.05, 3.63) is 12.3 Å². The molecule has 18 heavy (non-hydrogen) atoms. The minimum Gasteiger partial charge on any atom is -0.383 e. The summed E-state index contributed by atoms with van der Waals surface area (Å²) in [4.78, 5) is 27.3. The lowest BCUT2D eigenvalue weighted by atomic mass is 10.3. The van der Waals surface area contributed by atoms with Crippen LogP contribution in [0.4, 0.5) is 0 Å². The number of carbonyl (C=O) groups excluding carboxylic acids is 2. The number of hydrogen-bond donors (Lipinski definition) is 2. The van der Waals surface area contributed by atoms with E-state index in [1.165, 1.54) is 0 Å². The Morgan fingerprint density at radius 2 is 2.22 bits per heavy atom. The molecule has 2 amide bonds. The largest absolute Gasteiger partial charge is 0.383 e. The van der Waals surface area contributed by atoms with Crippen molar-refractivity contribution in [2.75, 3.05) is 27.7 Å². The lowest BCUT2D eigenvalue weighted by Gasteiger charge is -2.05. The maximum atomic E-state index is 11.3. The minimum atomic E-state index is -0.706. The molecule has 2 N–H and O–H groups in total. The Morgan fingerprint density at radius 3 is 2.78 bits per heavy atom. The molecule has 98 valence electrons. The fourth-order valence-corrected chi connectivity index (χ4v) is 0.928.